The minimum absolute atomic E-state index is 0.332. The summed E-state index contributed by atoms with van der Waals surface area (Å²) in [7, 11) is 4.26. The molecule has 0 spiro atoms. The average molecular weight is 483 g/mol. The lowest BCUT2D eigenvalue weighted by Crippen LogP contribution is -2.12. The first-order valence-corrected chi connectivity index (χ1v) is 12.2. The first-order valence-electron chi connectivity index (χ1n) is 12.2. The molecule has 0 aliphatic carbocycles. The maximum atomic E-state index is 5.81. The van der Waals surface area contributed by atoms with Gasteiger partial charge in [0.2, 0.25) is 0 Å². The Morgan fingerprint density at radius 3 is 2.49 bits per heavy atom. The van der Waals surface area contributed by atoms with E-state index in [0.29, 0.717) is 18.9 Å². The highest BCUT2D eigenvalue weighted by Gasteiger charge is 2.07. The van der Waals surface area contributed by atoms with Crippen LogP contribution in [0, 0.1) is 12.3 Å². The third-order valence-electron chi connectivity index (χ3n) is 4.37. The van der Waals surface area contributed by atoms with Crippen molar-refractivity contribution in [3.63, 3.8) is 0 Å². The van der Waals surface area contributed by atoms with Gasteiger partial charge in [-0.15, -0.1) is 11.5 Å². The Hall–Kier alpha value is -3.37. The fourth-order valence-corrected chi connectivity index (χ4v) is 2.70. The largest absolute Gasteiger partial charge is 0.502 e. The average Bonchev–Trinajstić information content (AvgIpc) is 3.28. The molecule has 2 rings (SSSR count). The number of aromatic amines is 1. The fraction of sp³-hybridized carbons (Fsp3) is 0.464. The molecule has 194 valence electrons. The topological polar surface area (TPSA) is 91.9 Å². The van der Waals surface area contributed by atoms with E-state index in [1.165, 1.54) is 38.3 Å². The zero-order valence-corrected chi connectivity index (χ0v) is 22.7. The summed E-state index contributed by atoms with van der Waals surface area (Å²) in [6, 6.07) is 5.68. The Bertz CT molecular complexity index is 906. The van der Waals surface area contributed by atoms with E-state index in [9.17, 15) is 0 Å². The molecule has 35 heavy (non-hydrogen) atoms. The van der Waals surface area contributed by atoms with Crippen molar-refractivity contribution in [2.75, 3.05) is 27.2 Å². The second-order valence-electron chi connectivity index (χ2n) is 7.33. The highest BCUT2D eigenvalue weighted by molar-refractivity contribution is 6.00. The summed E-state index contributed by atoms with van der Waals surface area (Å²) in [4.78, 5) is 2.25. The van der Waals surface area contributed by atoms with Crippen molar-refractivity contribution in [1.29, 1.82) is 0 Å². The van der Waals surface area contributed by atoms with Gasteiger partial charge in [-0.3, -0.25) is 5.10 Å². The van der Waals surface area contributed by atoms with E-state index >= 15 is 0 Å². The first-order chi connectivity index (χ1) is 16.9. The maximum Gasteiger partial charge on any atom is 0.153 e. The Balaban J connectivity index is 0. The molecule has 2 aromatic rings. The van der Waals surface area contributed by atoms with Crippen LogP contribution < -0.4 is 5.73 Å². The molecule has 3 N–H and O–H groups in total. The second kappa shape index (κ2) is 23.8. The predicted octanol–water partition coefficient (Wildman–Crippen LogP) is 5.94. The SMILES string of the molecule is C#CC=C.C=N/N=C(\N)c1ccc2n[nH]c(C/C=C/OCC)c2c1.CC.CCCCCCN(C)C. The molecule has 1 aromatic heterocycles. The Morgan fingerprint density at radius 1 is 1.26 bits per heavy atom. The number of fused-ring (bicyclic) bond motifs is 1. The van der Waals surface area contributed by atoms with Crippen molar-refractivity contribution in [3.05, 3.63) is 54.4 Å². The van der Waals surface area contributed by atoms with Gasteiger partial charge in [-0.05, 0) is 64.3 Å². The van der Waals surface area contributed by atoms with Gasteiger partial charge >= 0.3 is 0 Å². The van der Waals surface area contributed by atoms with E-state index in [4.69, 9.17) is 10.5 Å². The number of H-pyrrole nitrogens is 1. The highest BCUT2D eigenvalue weighted by Crippen LogP contribution is 2.18. The maximum absolute atomic E-state index is 5.81. The number of nitrogens with one attached hydrogen (secondary N) is 1. The van der Waals surface area contributed by atoms with Crippen LogP contribution in [0.5, 0.6) is 0 Å². The number of terminal acetylenes is 1. The van der Waals surface area contributed by atoms with Crippen molar-refractivity contribution in [1.82, 2.24) is 15.1 Å². The van der Waals surface area contributed by atoms with E-state index in [1.807, 2.05) is 45.0 Å². The number of nitrogens with zero attached hydrogens (tertiary/aromatic N) is 4. The van der Waals surface area contributed by atoms with E-state index in [2.05, 4.69) is 72.0 Å². The third-order valence-corrected chi connectivity index (χ3v) is 4.37. The molecular weight excluding hydrogens is 436 g/mol. The molecule has 0 unspecified atom stereocenters. The van der Waals surface area contributed by atoms with Gasteiger partial charge in [-0.2, -0.15) is 10.2 Å². The molecule has 7 nitrogen and oxygen atoms in total. The number of unbranched alkanes of at least 4 members (excludes halogenated alkanes) is 3. The molecule has 0 radical (unpaired) electrons. The highest BCUT2D eigenvalue weighted by atomic mass is 16.5. The number of hydrogen-bond donors (Lipinski definition) is 2. The summed E-state index contributed by atoms with van der Waals surface area (Å²) in [5, 5.41) is 15.4. The van der Waals surface area contributed by atoms with Gasteiger partial charge in [0.1, 0.15) is 0 Å². The summed E-state index contributed by atoms with van der Waals surface area (Å²) in [6.45, 7) is 16.6. The lowest BCUT2D eigenvalue weighted by atomic mass is 10.1. The minimum atomic E-state index is 0.332. The summed E-state index contributed by atoms with van der Waals surface area (Å²) >= 11 is 0. The van der Waals surface area contributed by atoms with Crippen molar-refractivity contribution in [3.8, 4) is 12.3 Å². The first kappa shape index (κ1) is 33.8. The molecular formula is C28H46N6O. The molecule has 0 fully saturated rings. The zero-order valence-electron chi connectivity index (χ0n) is 22.7. The fourth-order valence-electron chi connectivity index (χ4n) is 2.70. The second-order valence-corrected chi connectivity index (χ2v) is 7.33. The molecule has 1 heterocycles. The summed E-state index contributed by atoms with van der Waals surface area (Å²) < 4.78 is 5.16. The van der Waals surface area contributed by atoms with Crippen molar-refractivity contribution >= 4 is 23.5 Å². The van der Waals surface area contributed by atoms with Crippen molar-refractivity contribution in [2.24, 2.45) is 15.9 Å². The summed E-state index contributed by atoms with van der Waals surface area (Å²) in [5.41, 5.74) is 8.48. The molecule has 0 saturated carbocycles. The van der Waals surface area contributed by atoms with Gasteiger partial charge in [0.05, 0.1) is 18.4 Å². The third kappa shape index (κ3) is 16.8. The van der Waals surface area contributed by atoms with E-state index in [0.717, 1.165) is 22.2 Å². The molecule has 0 aliphatic rings. The van der Waals surface area contributed by atoms with Gasteiger partial charge < -0.3 is 15.4 Å². The molecule has 0 atom stereocenters. The van der Waals surface area contributed by atoms with E-state index in [-0.39, 0.29) is 0 Å². The number of ether oxygens (including phenoxy) is 1. The number of amidine groups is 1. The van der Waals surface area contributed by atoms with Crippen LogP contribution in [0.3, 0.4) is 0 Å². The number of nitrogens with two attached hydrogens (primary N) is 1. The van der Waals surface area contributed by atoms with E-state index in [1.54, 1.807) is 6.26 Å². The lowest BCUT2D eigenvalue weighted by molar-refractivity contribution is 0.268. The molecule has 0 amide bonds. The van der Waals surface area contributed by atoms with Crippen LogP contribution in [-0.2, 0) is 11.2 Å². The quantitative estimate of drug-likeness (QED) is 0.104. The molecule has 7 heteroatoms. The summed E-state index contributed by atoms with van der Waals surface area (Å²) in [5.74, 6) is 2.53. The van der Waals surface area contributed by atoms with Crippen LogP contribution in [0.1, 0.15) is 64.6 Å². The normalized spacial score (nSPS) is 10.3. The van der Waals surface area contributed by atoms with Gasteiger partial charge in [0.15, 0.2) is 5.84 Å². The monoisotopic (exact) mass is 482 g/mol. The standard InChI is InChI=1S/C14H17N5O.C8H19N.C4H4.C2H6/c1-3-20-8-4-5-12-11-9-10(14(15)19-16-2)6-7-13(11)18-17-12;1-4-5-6-7-8-9(2)3;1-3-4-2;1-2/h4,6-9H,2-3,5H2,1H3,(H2,15,19)(H,17,18);4-8H2,1-3H3;1,4H,2H2;1-2H3/b8-4+;;;. The van der Waals surface area contributed by atoms with Crippen LogP contribution in [0.25, 0.3) is 10.9 Å². The number of rotatable bonds is 11. The van der Waals surface area contributed by atoms with Crippen molar-refractivity contribution in [2.45, 2.75) is 59.8 Å². The lowest BCUT2D eigenvalue weighted by Gasteiger charge is -2.07. The van der Waals surface area contributed by atoms with Crippen LogP contribution in [-0.4, -0.2) is 54.9 Å². The molecule has 0 aliphatic heterocycles. The van der Waals surface area contributed by atoms with Crippen LogP contribution in [0.2, 0.25) is 0 Å². The number of allylic oxidation sites excluding steroid dienone is 2. The molecule has 0 saturated heterocycles. The van der Waals surface area contributed by atoms with Crippen LogP contribution >= 0.6 is 0 Å². The van der Waals surface area contributed by atoms with E-state index < -0.39 is 0 Å². The van der Waals surface area contributed by atoms with Crippen LogP contribution in [0.15, 0.2) is 53.4 Å². The molecule has 1 aromatic carbocycles. The minimum Gasteiger partial charge on any atom is -0.502 e. The smallest absolute Gasteiger partial charge is 0.153 e. The summed E-state index contributed by atoms with van der Waals surface area (Å²) in [6.07, 6.45) is 15.9. The molecule has 0 bridgehead atoms. The van der Waals surface area contributed by atoms with Crippen molar-refractivity contribution < 1.29 is 4.74 Å². The number of benzene rings is 1. The predicted molar refractivity (Wildman–Crippen MR) is 154 cm³/mol. The van der Waals surface area contributed by atoms with Crippen LogP contribution in [0.4, 0.5) is 0 Å². The number of hydrogen-bond acceptors (Lipinski definition) is 5. The zero-order chi connectivity index (χ0) is 26.9. The Kier molecular flexibility index (Phi) is 23.0. The number of aromatic nitrogens is 2. The van der Waals surface area contributed by atoms with Gasteiger partial charge in [-0.1, -0.05) is 52.5 Å². The van der Waals surface area contributed by atoms with Gasteiger partial charge in [0.25, 0.3) is 0 Å². The van der Waals surface area contributed by atoms with Gasteiger partial charge in [0, 0.05) is 29.8 Å². The Labute approximate surface area is 213 Å². The Morgan fingerprint density at radius 2 is 1.94 bits per heavy atom. The van der Waals surface area contributed by atoms with Gasteiger partial charge in [-0.25, -0.2) is 0 Å².